The molecule has 0 saturated carbocycles. The molecular weight excluding hydrogens is 296 g/mol. The summed E-state index contributed by atoms with van der Waals surface area (Å²) < 4.78 is 1.94. The van der Waals surface area contributed by atoms with Crippen LogP contribution in [0.25, 0.3) is 5.69 Å². The highest BCUT2D eigenvalue weighted by Crippen LogP contribution is 2.16. The van der Waals surface area contributed by atoms with Gasteiger partial charge >= 0.3 is 6.03 Å². The largest absolute Gasteiger partial charge is 0.335 e. The van der Waals surface area contributed by atoms with Crippen molar-refractivity contribution in [2.24, 2.45) is 0 Å². The number of thioether (sulfide) groups is 1. The van der Waals surface area contributed by atoms with Gasteiger partial charge in [-0.3, -0.25) is 0 Å². The number of urea groups is 1. The number of benzene rings is 1. The maximum Gasteiger partial charge on any atom is 0.315 e. The maximum absolute atomic E-state index is 12.0. The van der Waals surface area contributed by atoms with E-state index in [4.69, 9.17) is 0 Å². The summed E-state index contributed by atoms with van der Waals surface area (Å²) in [6, 6.07) is 8.01. The van der Waals surface area contributed by atoms with Gasteiger partial charge in [0.15, 0.2) is 0 Å². The molecule has 22 heavy (non-hydrogen) atoms. The van der Waals surface area contributed by atoms with Crippen LogP contribution in [-0.2, 0) is 0 Å². The molecule has 0 saturated heterocycles. The molecule has 0 unspecified atom stereocenters. The lowest BCUT2D eigenvalue weighted by molar-refractivity contribution is 0.235. The first-order valence-corrected chi connectivity index (χ1v) is 8.63. The van der Waals surface area contributed by atoms with E-state index in [2.05, 4.69) is 21.7 Å². The first-order chi connectivity index (χ1) is 10.6. The molecule has 1 heterocycles. The van der Waals surface area contributed by atoms with Crippen LogP contribution in [0.1, 0.15) is 25.5 Å². The lowest BCUT2D eigenvalue weighted by Gasteiger charge is -2.18. The minimum atomic E-state index is -0.137. The zero-order chi connectivity index (χ0) is 15.9. The topological polar surface area (TPSA) is 59.0 Å². The van der Waals surface area contributed by atoms with Crippen molar-refractivity contribution in [3.63, 3.8) is 0 Å². The Morgan fingerprint density at radius 1 is 1.36 bits per heavy atom. The molecule has 0 aliphatic carbocycles. The molecule has 5 nitrogen and oxygen atoms in total. The molecule has 1 aromatic carbocycles. The number of rotatable bonds is 6. The van der Waals surface area contributed by atoms with E-state index >= 15 is 0 Å². The van der Waals surface area contributed by atoms with Crippen LogP contribution in [0.2, 0.25) is 0 Å². The first kappa shape index (κ1) is 16.4. The summed E-state index contributed by atoms with van der Waals surface area (Å²) in [5.41, 5.74) is 2.08. The van der Waals surface area contributed by atoms with E-state index in [1.54, 1.807) is 24.3 Å². The third kappa shape index (κ3) is 4.53. The van der Waals surface area contributed by atoms with E-state index < -0.39 is 0 Å². The molecule has 0 aliphatic heterocycles. The van der Waals surface area contributed by atoms with Gasteiger partial charge < -0.3 is 15.2 Å². The maximum atomic E-state index is 12.0. The van der Waals surface area contributed by atoms with Gasteiger partial charge in [-0.05, 0) is 37.8 Å². The third-order valence-electron chi connectivity index (χ3n) is 3.31. The van der Waals surface area contributed by atoms with Gasteiger partial charge in [-0.1, -0.05) is 12.1 Å². The molecule has 2 atom stereocenters. The zero-order valence-corrected chi connectivity index (χ0v) is 13.9. The number of aromatic nitrogens is 2. The summed E-state index contributed by atoms with van der Waals surface area (Å²) in [5.74, 6) is 0.901. The minimum absolute atomic E-state index is 0.0649. The second-order valence-electron chi connectivity index (χ2n) is 5.26. The van der Waals surface area contributed by atoms with Crippen molar-refractivity contribution < 1.29 is 4.79 Å². The monoisotopic (exact) mass is 318 g/mol. The van der Waals surface area contributed by atoms with Gasteiger partial charge in [-0.15, -0.1) is 0 Å². The lowest BCUT2D eigenvalue weighted by atomic mass is 10.1. The minimum Gasteiger partial charge on any atom is -0.335 e. The Bertz CT molecular complexity index is 600. The summed E-state index contributed by atoms with van der Waals surface area (Å²) in [4.78, 5) is 16.0. The highest BCUT2D eigenvalue weighted by Gasteiger charge is 2.12. The van der Waals surface area contributed by atoms with Crippen molar-refractivity contribution in [2.45, 2.75) is 25.9 Å². The Morgan fingerprint density at radius 2 is 2.18 bits per heavy atom. The van der Waals surface area contributed by atoms with E-state index in [0.29, 0.717) is 0 Å². The number of imidazole rings is 1. The summed E-state index contributed by atoms with van der Waals surface area (Å²) in [6.45, 7) is 3.98. The van der Waals surface area contributed by atoms with Gasteiger partial charge in [0.25, 0.3) is 0 Å². The Balaban J connectivity index is 1.99. The van der Waals surface area contributed by atoms with Gasteiger partial charge in [0.2, 0.25) is 0 Å². The molecule has 0 radical (unpaired) electrons. The average Bonchev–Trinajstić information content (AvgIpc) is 3.01. The van der Waals surface area contributed by atoms with Crippen LogP contribution < -0.4 is 10.6 Å². The van der Waals surface area contributed by atoms with Gasteiger partial charge in [-0.2, -0.15) is 11.8 Å². The van der Waals surface area contributed by atoms with Gasteiger partial charge in [0.1, 0.15) is 0 Å². The van der Waals surface area contributed by atoms with E-state index in [1.165, 1.54) is 0 Å². The quantitative estimate of drug-likeness (QED) is 0.861. The van der Waals surface area contributed by atoms with Crippen molar-refractivity contribution in [3.05, 3.63) is 48.5 Å². The smallest absolute Gasteiger partial charge is 0.315 e. The van der Waals surface area contributed by atoms with Crippen LogP contribution in [-0.4, -0.2) is 33.6 Å². The summed E-state index contributed by atoms with van der Waals surface area (Å²) in [7, 11) is 0. The zero-order valence-electron chi connectivity index (χ0n) is 13.1. The molecule has 1 aromatic heterocycles. The number of hydrogen-bond donors (Lipinski definition) is 2. The predicted octanol–water partition coefficient (Wildman–Crippen LogP) is 2.98. The van der Waals surface area contributed by atoms with E-state index in [0.717, 1.165) is 17.0 Å². The van der Waals surface area contributed by atoms with Crippen molar-refractivity contribution in [3.8, 4) is 5.69 Å². The number of amides is 2. The number of carbonyl (C=O) groups is 1. The van der Waals surface area contributed by atoms with E-state index in [1.807, 2.05) is 49.1 Å². The molecule has 118 valence electrons. The molecule has 2 N–H and O–H groups in total. The number of nitrogens with one attached hydrogen (secondary N) is 2. The molecule has 0 bridgehead atoms. The Morgan fingerprint density at radius 3 is 2.86 bits per heavy atom. The molecule has 0 spiro atoms. The van der Waals surface area contributed by atoms with E-state index in [9.17, 15) is 4.79 Å². The lowest BCUT2D eigenvalue weighted by Crippen LogP contribution is -2.42. The highest BCUT2D eigenvalue weighted by atomic mass is 32.2. The average molecular weight is 318 g/mol. The van der Waals surface area contributed by atoms with E-state index in [-0.39, 0.29) is 18.1 Å². The standard InChI is InChI=1S/C16H22N4OS/c1-12(10-22-3)18-16(21)19-13(2)14-5-4-6-15(9-14)20-8-7-17-11-20/h4-9,11-13H,10H2,1-3H3,(H2,18,19,21)/t12-,13-/m1/s1. The molecule has 2 amide bonds. The Labute approximate surface area is 135 Å². The summed E-state index contributed by atoms with van der Waals surface area (Å²) >= 11 is 1.72. The SMILES string of the molecule is CSC[C@@H](C)NC(=O)N[C@H](C)c1cccc(-n2ccnc2)c1. The van der Waals surface area contributed by atoms with Crippen molar-refractivity contribution in [2.75, 3.05) is 12.0 Å². The molecular formula is C16H22N4OS. The molecule has 2 aromatic rings. The predicted molar refractivity (Wildman–Crippen MR) is 91.5 cm³/mol. The van der Waals surface area contributed by atoms with Gasteiger partial charge in [-0.25, -0.2) is 9.78 Å². The van der Waals surface area contributed by atoms with Crippen molar-refractivity contribution in [1.82, 2.24) is 20.2 Å². The highest BCUT2D eigenvalue weighted by molar-refractivity contribution is 7.98. The number of hydrogen-bond acceptors (Lipinski definition) is 3. The van der Waals surface area contributed by atoms with Crippen LogP contribution >= 0.6 is 11.8 Å². The number of carbonyl (C=O) groups excluding carboxylic acids is 1. The van der Waals surface area contributed by atoms with Crippen LogP contribution in [0.4, 0.5) is 4.79 Å². The Kier molecular flexibility index (Phi) is 5.89. The third-order valence-corrected chi connectivity index (χ3v) is 4.15. The molecule has 0 fully saturated rings. The van der Waals surface area contributed by atoms with Crippen LogP contribution in [0.5, 0.6) is 0 Å². The van der Waals surface area contributed by atoms with Crippen molar-refractivity contribution in [1.29, 1.82) is 0 Å². The van der Waals surface area contributed by atoms with Crippen molar-refractivity contribution >= 4 is 17.8 Å². The second-order valence-corrected chi connectivity index (χ2v) is 6.17. The fourth-order valence-electron chi connectivity index (χ4n) is 2.20. The van der Waals surface area contributed by atoms with Crippen LogP contribution in [0, 0.1) is 0 Å². The molecule has 0 aliphatic rings. The first-order valence-electron chi connectivity index (χ1n) is 7.24. The number of nitrogens with zero attached hydrogens (tertiary/aromatic N) is 2. The summed E-state index contributed by atoms with van der Waals surface area (Å²) in [6.07, 6.45) is 7.43. The molecule has 2 rings (SSSR count). The van der Waals surface area contributed by atoms with Crippen LogP contribution in [0.15, 0.2) is 43.0 Å². The fourth-order valence-corrected chi connectivity index (χ4v) is 2.79. The van der Waals surface area contributed by atoms with Gasteiger partial charge in [0, 0.05) is 29.9 Å². The molecule has 6 heteroatoms. The fraction of sp³-hybridized carbons (Fsp3) is 0.375. The second kappa shape index (κ2) is 7.89. The van der Waals surface area contributed by atoms with Crippen LogP contribution in [0.3, 0.4) is 0 Å². The van der Waals surface area contributed by atoms with Gasteiger partial charge in [0.05, 0.1) is 12.4 Å². The Hall–Kier alpha value is -1.95. The normalized spacial score (nSPS) is 13.4. The summed E-state index contributed by atoms with van der Waals surface area (Å²) in [5, 5.41) is 5.91.